The Hall–Kier alpha value is -3.64. The zero-order valence-electron chi connectivity index (χ0n) is 17.4. The van der Waals surface area contributed by atoms with Gasteiger partial charge in [0.05, 0.1) is 12.2 Å². The molecule has 1 aromatic carbocycles. The summed E-state index contributed by atoms with van der Waals surface area (Å²) in [6, 6.07) is 8.75. The minimum absolute atomic E-state index is 0.0642. The van der Waals surface area contributed by atoms with Crippen LogP contribution in [0.3, 0.4) is 0 Å². The first-order chi connectivity index (χ1) is 15.1. The summed E-state index contributed by atoms with van der Waals surface area (Å²) in [5.74, 6) is -0.610. The van der Waals surface area contributed by atoms with Gasteiger partial charge in [0.15, 0.2) is 0 Å². The first-order valence-electron chi connectivity index (χ1n) is 10.2. The molecule has 0 saturated carbocycles. The maximum atomic E-state index is 12.6. The topological polar surface area (TPSA) is 124 Å². The van der Waals surface area contributed by atoms with Gasteiger partial charge in [-0.05, 0) is 50.6 Å². The third-order valence-corrected chi connectivity index (χ3v) is 5.06. The van der Waals surface area contributed by atoms with Gasteiger partial charge in [0.1, 0.15) is 23.7 Å². The lowest BCUT2D eigenvalue weighted by molar-refractivity contribution is -0.118. The number of para-hydroxylation sites is 1. The van der Waals surface area contributed by atoms with E-state index in [9.17, 15) is 14.9 Å². The Bertz CT molecular complexity index is 979. The molecule has 1 atom stereocenters. The highest BCUT2D eigenvalue weighted by molar-refractivity contribution is 6.01. The van der Waals surface area contributed by atoms with Gasteiger partial charge in [0.2, 0.25) is 5.91 Å². The van der Waals surface area contributed by atoms with Crippen LogP contribution in [-0.2, 0) is 9.59 Å². The summed E-state index contributed by atoms with van der Waals surface area (Å²) in [5, 5.41) is 22.5. The van der Waals surface area contributed by atoms with E-state index >= 15 is 0 Å². The van der Waals surface area contributed by atoms with Crippen LogP contribution in [0.15, 0.2) is 42.4 Å². The van der Waals surface area contributed by atoms with Crippen molar-refractivity contribution in [1.29, 1.82) is 5.26 Å². The molecule has 9 nitrogen and oxygen atoms in total. The number of nitriles is 1. The molecule has 1 aromatic heterocycles. The molecule has 1 fully saturated rings. The molecule has 0 aliphatic carbocycles. The van der Waals surface area contributed by atoms with E-state index in [1.807, 2.05) is 24.3 Å². The lowest BCUT2D eigenvalue weighted by Gasteiger charge is -2.19. The third-order valence-electron chi connectivity index (χ3n) is 5.06. The molecule has 160 valence electrons. The Balaban J connectivity index is 1.64. The third kappa shape index (κ3) is 6.42. The summed E-state index contributed by atoms with van der Waals surface area (Å²) in [6.45, 7) is 4.64. The first-order valence-corrected chi connectivity index (χ1v) is 10.2. The van der Waals surface area contributed by atoms with Crippen LogP contribution < -0.4 is 10.6 Å². The van der Waals surface area contributed by atoms with Gasteiger partial charge in [-0.2, -0.15) is 5.26 Å². The molecular formula is C22H25N7O2. The fourth-order valence-electron chi connectivity index (χ4n) is 3.44. The van der Waals surface area contributed by atoms with E-state index < -0.39 is 11.9 Å². The number of carbonyl (C=O) groups is 2. The lowest BCUT2D eigenvalue weighted by atomic mass is 10.0. The maximum absolute atomic E-state index is 12.6. The van der Waals surface area contributed by atoms with E-state index in [0.29, 0.717) is 17.8 Å². The highest BCUT2D eigenvalue weighted by Gasteiger charge is 2.18. The average Bonchev–Trinajstić information content (AvgIpc) is 3.31. The zero-order valence-corrected chi connectivity index (χ0v) is 17.4. The molecule has 1 unspecified atom stereocenters. The molecule has 3 rings (SSSR count). The quantitative estimate of drug-likeness (QED) is 0.496. The van der Waals surface area contributed by atoms with E-state index in [-0.39, 0.29) is 11.5 Å². The minimum Gasteiger partial charge on any atom is -0.345 e. The molecule has 31 heavy (non-hydrogen) atoms. The molecule has 2 N–H and O–H groups in total. The Morgan fingerprint density at radius 3 is 2.77 bits per heavy atom. The number of rotatable bonds is 8. The lowest BCUT2D eigenvalue weighted by Crippen LogP contribution is -2.29. The fourth-order valence-corrected chi connectivity index (χ4v) is 3.44. The van der Waals surface area contributed by atoms with Crippen LogP contribution >= 0.6 is 0 Å². The predicted molar refractivity (Wildman–Crippen MR) is 115 cm³/mol. The molecule has 0 bridgehead atoms. The molecule has 2 amide bonds. The van der Waals surface area contributed by atoms with Gasteiger partial charge in [-0.3, -0.25) is 9.59 Å². The van der Waals surface area contributed by atoms with Crippen molar-refractivity contribution in [2.45, 2.75) is 32.2 Å². The average molecular weight is 419 g/mol. The van der Waals surface area contributed by atoms with Crippen LogP contribution in [-0.4, -0.2) is 51.5 Å². The van der Waals surface area contributed by atoms with Crippen molar-refractivity contribution in [3.63, 3.8) is 0 Å². The minimum atomic E-state index is -0.546. The van der Waals surface area contributed by atoms with E-state index in [1.165, 1.54) is 31.4 Å². The number of amides is 2. The summed E-state index contributed by atoms with van der Waals surface area (Å²) in [4.78, 5) is 31.1. The Kier molecular flexibility index (Phi) is 7.79. The van der Waals surface area contributed by atoms with Crippen molar-refractivity contribution in [2.75, 3.05) is 25.0 Å². The smallest absolute Gasteiger partial charge is 0.262 e. The molecule has 9 heteroatoms. The van der Waals surface area contributed by atoms with Gasteiger partial charge in [-0.25, -0.2) is 4.98 Å². The second-order valence-corrected chi connectivity index (χ2v) is 7.33. The zero-order chi connectivity index (χ0) is 22.1. The molecule has 1 aliphatic rings. The summed E-state index contributed by atoms with van der Waals surface area (Å²) in [6.07, 6.45) is 6.80. The van der Waals surface area contributed by atoms with Gasteiger partial charge in [0.25, 0.3) is 5.91 Å². The fraction of sp³-hybridized carbons (Fsp3) is 0.364. The Labute approximate surface area is 181 Å². The van der Waals surface area contributed by atoms with Crippen molar-refractivity contribution in [2.24, 2.45) is 0 Å². The molecule has 1 aliphatic heterocycles. The monoisotopic (exact) mass is 419 g/mol. The summed E-state index contributed by atoms with van der Waals surface area (Å²) in [7, 11) is 0. The SMILES string of the molecule is CC(NC(=O)C(C#N)=Cc1cncnn1)c1ccccc1NC(=O)CCN1CCCC1. The highest BCUT2D eigenvalue weighted by atomic mass is 16.2. The molecule has 0 radical (unpaired) electrons. The standard InChI is InChI=1S/C22H25N7O2/c1-16(26-22(31)17(13-23)12-18-14-24-15-25-28-18)19-6-2-3-7-20(19)27-21(30)8-11-29-9-4-5-10-29/h2-3,6-7,12,14-16H,4-5,8-11H2,1H3,(H,26,31)(H,27,30). The summed E-state index contributed by atoms with van der Waals surface area (Å²) in [5.41, 5.74) is 1.60. The van der Waals surface area contributed by atoms with Gasteiger partial charge < -0.3 is 15.5 Å². The van der Waals surface area contributed by atoms with Gasteiger partial charge in [-0.1, -0.05) is 18.2 Å². The van der Waals surface area contributed by atoms with Gasteiger partial charge in [0, 0.05) is 18.7 Å². The largest absolute Gasteiger partial charge is 0.345 e. The number of carbonyl (C=O) groups excluding carboxylic acids is 2. The Morgan fingerprint density at radius 1 is 1.29 bits per heavy atom. The molecule has 2 aromatic rings. The van der Waals surface area contributed by atoms with Crippen LogP contribution in [0.25, 0.3) is 6.08 Å². The summed E-state index contributed by atoms with van der Waals surface area (Å²) < 4.78 is 0. The van der Waals surface area contributed by atoms with Crippen molar-refractivity contribution in [3.05, 3.63) is 53.6 Å². The van der Waals surface area contributed by atoms with Crippen LogP contribution in [0.4, 0.5) is 5.69 Å². The first kappa shape index (κ1) is 22.1. The van der Waals surface area contributed by atoms with Crippen molar-refractivity contribution >= 4 is 23.6 Å². The van der Waals surface area contributed by atoms with Crippen molar-refractivity contribution in [1.82, 2.24) is 25.4 Å². The number of benzene rings is 1. The van der Waals surface area contributed by atoms with Crippen LogP contribution in [0.1, 0.15) is 43.5 Å². The molecule has 0 spiro atoms. The van der Waals surface area contributed by atoms with E-state index in [1.54, 1.807) is 13.0 Å². The predicted octanol–water partition coefficient (Wildman–Crippen LogP) is 2.08. The number of nitrogens with zero attached hydrogens (tertiary/aromatic N) is 5. The van der Waals surface area contributed by atoms with Crippen molar-refractivity contribution < 1.29 is 9.59 Å². The number of hydrogen-bond donors (Lipinski definition) is 2. The summed E-state index contributed by atoms with van der Waals surface area (Å²) >= 11 is 0. The van der Waals surface area contributed by atoms with Gasteiger partial charge in [-0.15, -0.1) is 10.2 Å². The second-order valence-electron chi connectivity index (χ2n) is 7.33. The Morgan fingerprint density at radius 2 is 2.06 bits per heavy atom. The number of nitrogens with one attached hydrogen (secondary N) is 2. The number of likely N-dealkylation sites (tertiary alicyclic amines) is 1. The second kappa shape index (κ2) is 10.9. The maximum Gasteiger partial charge on any atom is 0.262 e. The number of anilines is 1. The van der Waals surface area contributed by atoms with E-state index in [0.717, 1.165) is 25.2 Å². The van der Waals surface area contributed by atoms with E-state index in [4.69, 9.17) is 0 Å². The van der Waals surface area contributed by atoms with Crippen LogP contribution in [0, 0.1) is 11.3 Å². The van der Waals surface area contributed by atoms with Crippen LogP contribution in [0.5, 0.6) is 0 Å². The molecule has 1 saturated heterocycles. The molecule has 2 heterocycles. The normalized spacial score (nSPS) is 15.2. The molecular weight excluding hydrogens is 394 g/mol. The van der Waals surface area contributed by atoms with E-state index in [2.05, 4.69) is 30.7 Å². The number of hydrogen-bond acceptors (Lipinski definition) is 7. The highest BCUT2D eigenvalue weighted by Crippen LogP contribution is 2.23. The van der Waals surface area contributed by atoms with Gasteiger partial charge >= 0.3 is 0 Å². The number of aromatic nitrogens is 3. The van der Waals surface area contributed by atoms with Crippen molar-refractivity contribution in [3.8, 4) is 6.07 Å². The van der Waals surface area contributed by atoms with Crippen LogP contribution in [0.2, 0.25) is 0 Å².